The van der Waals surface area contributed by atoms with E-state index in [1.165, 1.54) is 26.6 Å². The number of hydrogen-bond acceptors (Lipinski definition) is 6. The summed E-state index contributed by atoms with van der Waals surface area (Å²) in [6.07, 6.45) is 3.37. The molecule has 2 aliphatic rings. The molecule has 2 bridgehead atoms. The van der Waals surface area contributed by atoms with Gasteiger partial charge in [-0.1, -0.05) is 20.8 Å². The summed E-state index contributed by atoms with van der Waals surface area (Å²) in [5.41, 5.74) is 0.789. The molecule has 0 saturated heterocycles. The molecule has 0 aromatic heterocycles. The van der Waals surface area contributed by atoms with E-state index in [1.54, 1.807) is 19.2 Å². The SMILES string of the molecule is CNc1ccc(C(=O)NC2C3CCC(C)(C3)C2(C)C)cc1S(=O)(=O)N(C)CC(=O)OC. The Bertz CT molecular complexity index is 991. The lowest BCUT2D eigenvalue weighted by molar-refractivity contribution is -0.140. The highest BCUT2D eigenvalue weighted by Crippen LogP contribution is 2.63. The number of carbonyl (C=O) groups is 2. The number of nitrogens with one attached hydrogen (secondary N) is 2. The first kappa shape index (κ1) is 23.5. The number of anilines is 1. The molecule has 3 unspecified atom stereocenters. The van der Waals surface area contributed by atoms with Crippen LogP contribution in [0.2, 0.25) is 0 Å². The molecule has 1 aromatic carbocycles. The fourth-order valence-corrected chi connectivity index (χ4v) is 6.56. The van der Waals surface area contributed by atoms with E-state index in [4.69, 9.17) is 0 Å². The molecule has 2 N–H and O–H groups in total. The van der Waals surface area contributed by atoms with Crippen molar-refractivity contribution < 1.29 is 22.7 Å². The summed E-state index contributed by atoms with van der Waals surface area (Å²) in [4.78, 5) is 24.6. The van der Waals surface area contributed by atoms with Gasteiger partial charge in [0, 0.05) is 25.7 Å². The number of ether oxygens (including phenoxy) is 1. The van der Waals surface area contributed by atoms with Crippen LogP contribution in [0.25, 0.3) is 0 Å². The Balaban J connectivity index is 1.88. The van der Waals surface area contributed by atoms with Gasteiger partial charge >= 0.3 is 5.97 Å². The first-order valence-corrected chi connectivity index (χ1v) is 12.0. The topological polar surface area (TPSA) is 105 Å². The Kier molecular flexibility index (Phi) is 6.14. The highest BCUT2D eigenvalue weighted by molar-refractivity contribution is 7.89. The van der Waals surface area contributed by atoms with E-state index < -0.39 is 22.5 Å². The molecule has 9 heteroatoms. The molecule has 31 heavy (non-hydrogen) atoms. The van der Waals surface area contributed by atoms with Crippen molar-refractivity contribution in [2.75, 3.05) is 33.1 Å². The third kappa shape index (κ3) is 3.93. The van der Waals surface area contributed by atoms with Gasteiger partial charge in [0.2, 0.25) is 10.0 Å². The molecular weight excluding hydrogens is 418 g/mol. The van der Waals surface area contributed by atoms with Gasteiger partial charge < -0.3 is 15.4 Å². The highest BCUT2D eigenvalue weighted by Gasteiger charge is 2.60. The van der Waals surface area contributed by atoms with E-state index >= 15 is 0 Å². The summed E-state index contributed by atoms with van der Waals surface area (Å²) in [7, 11) is 0.0842. The average molecular weight is 452 g/mol. The third-order valence-corrected chi connectivity index (χ3v) is 9.49. The van der Waals surface area contributed by atoms with Crippen LogP contribution in [0.5, 0.6) is 0 Å². The highest BCUT2D eigenvalue weighted by atomic mass is 32.2. The number of benzene rings is 1. The van der Waals surface area contributed by atoms with Gasteiger partial charge in [-0.3, -0.25) is 9.59 Å². The molecule has 2 aliphatic carbocycles. The normalized spacial score (nSPS) is 26.7. The molecule has 0 heterocycles. The number of methoxy groups -OCH3 is 1. The zero-order valence-electron chi connectivity index (χ0n) is 19.1. The van der Waals surface area contributed by atoms with Crippen LogP contribution in [0.3, 0.4) is 0 Å². The number of amides is 1. The Labute approximate surface area is 184 Å². The maximum atomic E-state index is 13.1. The Hall–Kier alpha value is -2.13. The molecule has 1 aromatic rings. The van der Waals surface area contributed by atoms with Crippen LogP contribution in [0, 0.1) is 16.7 Å². The largest absolute Gasteiger partial charge is 0.468 e. The van der Waals surface area contributed by atoms with E-state index in [9.17, 15) is 18.0 Å². The van der Waals surface area contributed by atoms with Crippen molar-refractivity contribution in [3.8, 4) is 0 Å². The standard InChI is InChI=1S/C22H33N3O5S/c1-21(2)19(15-9-10-22(21,3)12-15)24-20(27)14-7-8-16(23-4)17(11-14)31(28,29)25(5)13-18(26)30-6/h7-8,11,15,19,23H,9-10,12-13H2,1-6H3,(H,24,27). The quantitative estimate of drug-likeness (QED) is 0.617. The van der Waals surface area contributed by atoms with E-state index in [0.29, 0.717) is 11.6 Å². The average Bonchev–Trinajstić information content (AvgIpc) is 3.20. The maximum Gasteiger partial charge on any atom is 0.321 e. The van der Waals surface area contributed by atoms with Gasteiger partial charge in [-0.15, -0.1) is 0 Å². The Morgan fingerprint density at radius 1 is 1.26 bits per heavy atom. The molecule has 0 aliphatic heterocycles. The number of rotatable bonds is 7. The van der Waals surface area contributed by atoms with Gasteiger partial charge in [-0.25, -0.2) is 8.42 Å². The molecule has 1 amide bonds. The van der Waals surface area contributed by atoms with Crippen molar-refractivity contribution in [1.29, 1.82) is 0 Å². The summed E-state index contributed by atoms with van der Waals surface area (Å²) in [5, 5.41) is 6.04. The molecule has 8 nitrogen and oxygen atoms in total. The van der Waals surface area contributed by atoms with Crippen molar-refractivity contribution >= 4 is 27.6 Å². The van der Waals surface area contributed by atoms with E-state index in [0.717, 1.165) is 17.1 Å². The first-order valence-electron chi connectivity index (χ1n) is 10.5. The number of nitrogens with zero attached hydrogens (tertiary/aromatic N) is 1. The molecule has 0 radical (unpaired) electrons. The molecule has 3 atom stereocenters. The summed E-state index contributed by atoms with van der Waals surface area (Å²) >= 11 is 0. The van der Waals surface area contributed by atoms with Crippen LogP contribution in [0.15, 0.2) is 23.1 Å². The molecule has 0 spiro atoms. The summed E-state index contributed by atoms with van der Waals surface area (Å²) < 4.78 is 31.6. The summed E-state index contributed by atoms with van der Waals surface area (Å²) in [6.45, 7) is 6.29. The predicted octanol–water partition coefficient (Wildman–Crippen LogP) is 2.47. The zero-order valence-corrected chi connectivity index (χ0v) is 19.9. The fourth-order valence-electron chi connectivity index (χ4n) is 5.23. The lowest BCUT2D eigenvalue weighted by Gasteiger charge is -2.44. The van der Waals surface area contributed by atoms with Crippen LogP contribution in [-0.2, 0) is 19.6 Å². The summed E-state index contributed by atoms with van der Waals surface area (Å²) in [6, 6.07) is 4.60. The molecule has 2 fully saturated rings. The van der Waals surface area contributed by atoms with Crippen LogP contribution >= 0.6 is 0 Å². The van der Waals surface area contributed by atoms with Gasteiger partial charge in [0.15, 0.2) is 0 Å². The zero-order chi connectivity index (χ0) is 23.2. The van der Waals surface area contributed by atoms with E-state index in [2.05, 4.69) is 36.1 Å². The van der Waals surface area contributed by atoms with E-state index in [1.807, 2.05) is 0 Å². The molecule has 172 valence electrons. The van der Waals surface area contributed by atoms with Gasteiger partial charge in [0.1, 0.15) is 11.4 Å². The predicted molar refractivity (Wildman–Crippen MR) is 118 cm³/mol. The van der Waals surface area contributed by atoms with Crippen LogP contribution in [0.4, 0.5) is 5.69 Å². The second-order valence-corrected chi connectivity index (χ2v) is 11.5. The van der Waals surface area contributed by atoms with Crippen molar-refractivity contribution in [1.82, 2.24) is 9.62 Å². The second kappa shape index (κ2) is 8.09. The fraction of sp³-hybridized carbons (Fsp3) is 0.636. The molecular formula is C22H33N3O5S. The molecule has 3 rings (SSSR count). The Morgan fingerprint density at radius 2 is 1.94 bits per heavy atom. The van der Waals surface area contributed by atoms with Crippen LogP contribution in [0.1, 0.15) is 50.4 Å². The maximum absolute atomic E-state index is 13.1. The number of hydrogen-bond donors (Lipinski definition) is 2. The van der Waals surface area contributed by atoms with Crippen LogP contribution in [-0.4, -0.2) is 58.4 Å². The van der Waals surface area contributed by atoms with Gasteiger partial charge in [0.05, 0.1) is 12.8 Å². The minimum atomic E-state index is -4.02. The van der Waals surface area contributed by atoms with Crippen molar-refractivity contribution in [3.63, 3.8) is 0 Å². The van der Waals surface area contributed by atoms with Crippen molar-refractivity contribution in [3.05, 3.63) is 23.8 Å². The number of esters is 1. The first-order chi connectivity index (χ1) is 14.4. The van der Waals surface area contributed by atoms with Gasteiger partial charge in [-0.2, -0.15) is 4.31 Å². The smallest absolute Gasteiger partial charge is 0.321 e. The van der Waals surface area contributed by atoms with Gasteiger partial charge in [0.25, 0.3) is 5.91 Å². The number of sulfonamides is 1. The lowest BCUT2D eigenvalue weighted by atomic mass is 9.64. The monoisotopic (exact) mass is 451 g/mol. The van der Waals surface area contributed by atoms with Crippen LogP contribution < -0.4 is 10.6 Å². The van der Waals surface area contributed by atoms with Crippen molar-refractivity contribution in [2.45, 2.75) is 51.0 Å². The molecule has 2 saturated carbocycles. The number of likely N-dealkylation sites (N-methyl/N-ethyl adjacent to an activating group) is 1. The lowest BCUT2D eigenvalue weighted by Crippen LogP contribution is -2.51. The Morgan fingerprint density at radius 3 is 2.48 bits per heavy atom. The van der Waals surface area contributed by atoms with E-state index in [-0.39, 0.29) is 33.2 Å². The number of fused-ring (bicyclic) bond motifs is 2. The number of carbonyl (C=O) groups excluding carboxylic acids is 2. The third-order valence-electron chi connectivity index (χ3n) is 7.65. The van der Waals surface area contributed by atoms with Gasteiger partial charge in [-0.05, 0) is 54.2 Å². The summed E-state index contributed by atoms with van der Waals surface area (Å²) in [5.74, 6) is -0.517. The minimum absolute atomic E-state index is 0.0356. The second-order valence-electron chi connectivity index (χ2n) is 9.53. The minimum Gasteiger partial charge on any atom is -0.468 e. The van der Waals surface area contributed by atoms with Crippen molar-refractivity contribution in [2.24, 2.45) is 16.7 Å².